The van der Waals surface area contributed by atoms with Crippen LogP contribution in [0.4, 0.5) is 5.69 Å². The highest BCUT2D eigenvalue weighted by Gasteiger charge is 2.34. The molecule has 1 aromatic rings. The van der Waals surface area contributed by atoms with Gasteiger partial charge in [0.1, 0.15) is 5.25 Å². The maximum atomic E-state index is 12.1. The molecule has 7 heteroatoms. The minimum atomic E-state index is -3.32. The highest BCUT2D eigenvalue weighted by Crippen LogP contribution is 2.26. The normalized spacial score (nSPS) is 21.9. The maximum Gasteiger partial charge on any atom is 0.242 e. The second-order valence-electron chi connectivity index (χ2n) is 4.46. The van der Waals surface area contributed by atoms with Gasteiger partial charge in [-0.2, -0.15) is 0 Å². The molecule has 0 saturated carbocycles. The van der Waals surface area contributed by atoms with Gasteiger partial charge in [0, 0.05) is 3.57 Å². The largest absolute Gasteiger partial charge is 0.324 e. The SMILES string of the molecule is O=C(Nc1ccc(I)cc1Cl)C1CCCCS1(=O)=O. The number of halogens is 2. The van der Waals surface area contributed by atoms with Crippen LogP contribution in [0, 0.1) is 3.57 Å². The Labute approximate surface area is 131 Å². The van der Waals surface area contributed by atoms with Crippen molar-refractivity contribution in [3.63, 3.8) is 0 Å². The molecule has 1 saturated heterocycles. The predicted molar refractivity (Wildman–Crippen MR) is 84.2 cm³/mol. The van der Waals surface area contributed by atoms with Crippen LogP contribution in [0.5, 0.6) is 0 Å². The molecule has 1 N–H and O–H groups in total. The molecule has 1 fully saturated rings. The van der Waals surface area contributed by atoms with Crippen LogP contribution in [-0.4, -0.2) is 25.3 Å². The van der Waals surface area contributed by atoms with Gasteiger partial charge in [-0.1, -0.05) is 18.0 Å². The molecular weight excluding hydrogens is 401 g/mol. The molecular formula is C12H13ClINO3S. The lowest BCUT2D eigenvalue weighted by atomic mass is 10.2. The van der Waals surface area contributed by atoms with Crippen molar-refractivity contribution in [1.82, 2.24) is 0 Å². The van der Waals surface area contributed by atoms with Gasteiger partial charge in [0.05, 0.1) is 16.5 Å². The molecule has 0 aliphatic carbocycles. The van der Waals surface area contributed by atoms with Gasteiger partial charge in [-0.25, -0.2) is 8.42 Å². The summed E-state index contributed by atoms with van der Waals surface area (Å²) in [6, 6.07) is 5.20. The first kappa shape index (κ1) is 15.1. The van der Waals surface area contributed by atoms with E-state index in [-0.39, 0.29) is 5.75 Å². The van der Waals surface area contributed by atoms with Crippen LogP contribution >= 0.6 is 34.2 Å². The fraction of sp³-hybridized carbons (Fsp3) is 0.417. The Hall–Kier alpha value is -0.340. The molecule has 0 bridgehead atoms. The van der Waals surface area contributed by atoms with Gasteiger partial charge < -0.3 is 5.32 Å². The van der Waals surface area contributed by atoms with Crippen molar-refractivity contribution in [2.45, 2.75) is 24.5 Å². The molecule has 19 heavy (non-hydrogen) atoms. The van der Waals surface area contributed by atoms with Crippen LogP contribution in [0.3, 0.4) is 0 Å². The zero-order valence-corrected chi connectivity index (χ0v) is 13.8. The van der Waals surface area contributed by atoms with E-state index in [1.54, 1.807) is 18.2 Å². The van der Waals surface area contributed by atoms with Crippen molar-refractivity contribution in [1.29, 1.82) is 0 Å². The fourth-order valence-electron chi connectivity index (χ4n) is 2.05. The lowest BCUT2D eigenvalue weighted by molar-refractivity contribution is -0.116. The number of benzene rings is 1. The standard InChI is InChI=1S/C12H13ClINO3S/c13-9-7-8(14)4-5-10(9)15-12(16)11-3-1-2-6-19(11,17)18/h4-5,7,11H,1-3,6H2,(H,15,16). The molecule has 1 aliphatic heterocycles. The number of hydrogen-bond acceptors (Lipinski definition) is 3. The smallest absolute Gasteiger partial charge is 0.242 e. The number of rotatable bonds is 2. The molecule has 2 rings (SSSR count). The van der Waals surface area contributed by atoms with E-state index >= 15 is 0 Å². The Balaban J connectivity index is 2.17. The van der Waals surface area contributed by atoms with Gasteiger partial charge in [-0.05, 0) is 53.6 Å². The van der Waals surface area contributed by atoms with Crippen molar-refractivity contribution >= 4 is 55.6 Å². The van der Waals surface area contributed by atoms with Crippen LogP contribution in [0.1, 0.15) is 19.3 Å². The third kappa shape index (κ3) is 3.61. The summed E-state index contributed by atoms with van der Waals surface area (Å²) in [7, 11) is -3.32. The van der Waals surface area contributed by atoms with E-state index in [0.717, 1.165) is 9.99 Å². The lowest BCUT2D eigenvalue weighted by Gasteiger charge is -2.21. The van der Waals surface area contributed by atoms with Crippen LogP contribution < -0.4 is 5.32 Å². The summed E-state index contributed by atoms with van der Waals surface area (Å²) in [5.41, 5.74) is 0.452. The first-order chi connectivity index (χ1) is 8.90. The van der Waals surface area contributed by atoms with Crippen LogP contribution in [0.25, 0.3) is 0 Å². The highest BCUT2D eigenvalue weighted by atomic mass is 127. The Kier molecular flexibility index (Phi) is 4.73. The van der Waals surface area contributed by atoms with Crippen molar-refractivity contribution in [2.24, 2.45) is 0 Å². The molecule has 1 unspecified atom stereocenters. The van der Waals surface area contributed by atoms with Gasteiger partial charge in [-0.3, -0.25) is 4.79 Å². The summed E-state index contributed by atoms with van der Waals surface area (Å²) in [6.07, 6.45) is 1.78. The second kappa shape index (κ2) is 5.97. The summed E-state index contributed by atoms with van der Waals surface area (Å²) in [5.74, 6) is -0.395. The van der Waals surface area contributed by atoms with Crippen molar-refractivity contribution in [3.8, 4) is 0 Å². The van der Waals surface area contributed by atoms with Gasteiger partial charge >= 0.3 is 0 Å². The van der Waals surface area contributed by atoms with Crippen molar-refractivity contribution in [2.75, 3.05) is 11.1 Å². The summed E-state index contributed by atoms with van der Waals surface area (Å²) in [5, 5.41) is 2.07. The van der Waals surface area contributed by atoms with Crippen LogP contribution in [0.15, 0.2) is 18.2 Å². The monoisotopic (exact) mass is 413 g/mol. The van der Waals surface area contributed by atoms with Gasteiger partial charge in [0.15, 0.2) is 9.84 Å². The van der Waals surface area contributed by atoms with Crippen molar-refractivity contribution in [3.05, 3.63) is 26.8 Å². The average molecular weight is 414 g/mol. The van der Waals surface area contributed by atoms with E-state index in [9.17, 15) is 13.2 Å². The number of hydrogen-bond donors (Lipinski definition) is 1. The fourth-order valence-corrected chi connectivity index (χ4v) is 4.76. The number of sulfone groups is 1. The molecule has 1 aliphatic rings. The van der Waals surface area contributed by atoms with Crippen LogP contribution in [-0.2, 0) is 14.6 Å². The second-order valence-corrected chi connectivity index (χ2v) is 8.42. The van der Waals surface area contributed by atoms with E-state index in [4.69, 9.17) is 11.6 Å². The Morgan fingerprint density at radius 3 is 2.74 bits per heavy atom. The molecule has 1 amide bonds. The minimum Gasteiger partial charge on any atom is -0.324 e. The Bertz CT molecular complexity index is 603. The molecule has 1 aromatic carbocycles. The predicted octanol–water partition coefficient (Wildman–Crippen LogP) is 2.85. The first-order valence-corrected chi connectivity index (χ1v) is 9.05. The van der Waals surface area contributed by atoms with E-state index in [0.29, 0.717) is 23.6 Å². The number of amides is 1. The summed E-state index contributed by atoms with van der Waals surface area (Å²) >= 11 is 8.13. The Morgan fingerprint density at radius 2 is 2.11 bits per heavy atom. The number of carbonyl (C=O) groups excluding carboxylic acids is 1. The van der Waals surface area contributed by atoms with Gasteiger partial charge in [0.2, 0.25) is 5.91 Å². The van der Waals surface area contributed by atoms with Gasteiger partial charge in [0.25, 0.3) is 0 Å². The molecule has 104 valence electrons. The molecule has 1 heterocycles. The number of anilines is 1. The quantitative estimate of drug-likeness (QED) is 0.758. The van der Waals surface area contributed by atoms with Crippen LogP contribution in [0.2, 0.25) is 5.02 Å². The van der Waals surface area contributed by atoms with E-state index in [1.165, 1.54) is 0 Å². The molecule has 1 atom stereocenters. The third-order valence-corrected chi connectivity index (χ3v) is 6.22. The topological polar surface area (TPSA) is 63.2 Å². The zero-order chi connectivity index (χ0) is 14.0. The maximum absolute atomic E-state index is 12.1. The molecule has 0 aromatic heterocycles. The van der Waals surface area contributed by atoms with Crippen molar-refractivity contribution < 1.29 is 13.2 Å². The minimum absolute atomic E-state index is 0.0888. The first-order valence-electron chi connectivity index (χ1n) is 5.87. The summed E-state index contributed by atoms with van der Waals surface area (Å²) < 4.78 is 24.7. The molecule has 4 nitrogen and oxygen atoms in total. The summed E-state index contributed by atoms with van der Waals surface area (Å²) in [6.45, 7) is 0. The Morgan fingerprint density at radius 1 is 1.37 bits per heavy atom. The lowest BCUT2D eigenvalue weighted by Crippen LogP contribution is -2.39. The zero-order valence-electron chi connectivity index (χ0n) is 10.0. The highest BCUT2D eigenvalue weighted by molar-refractivity contribution is 14.1. The summed E-state index contributed by atoms with van der Waals surface area (Å²) in [4.78, 5) is 12.1. The molecule has 0 spiro atoms. The number of carbonyl (C=O) groups is 1. The van der Waals surface area contributed by atoms with Gasteiger partial charge in [-0.15, -0.1) is 0 Å². The third-order valence-electron chi connectivity index (χ3n) is 3.06. The average Bonchev–Trinajstić information content (AvgIpc) is 2.32. The van der Waals surface area contributed by atoms with E-state index in [1.807, 2.05) is 0 Å². The number of nitrogens with one attached hydrogen (secondary N) is 1. The molecule has 0 radical (unpaired) electrons. The van der Waals surface area contributed by atoms with E-state index < -0.39 is 21.0 Å². The van der Waals surface area contributed by atoms with E-state index in [2.05, 4.69) is 27.9 Å².